The number of ether oxygens (including phenoxy) is 6. The van der Waals surface area contributed by atoms with Crippen LogP contribution in [0.2, 0.25) is 30.1 Å². The second kappa shape index (κ2) is 47.5. The molecule has 0 aliphatic carbocycles. The maximum Gasteiger partial charge on any atom is 0.264 e. The molecule has 8 atom stereocenters. The lowest BCUT2D eigenvalue weighted by Crippen LogP contribution is -2.19. The minimum Gasteiger partial charge on any atom is -0.486 e. The zero-order chi connectivity index (χ0) is 83.2. The van der Waals surface area contributed by atoms with Crippen molar-refractivity contribution in [2.24, 2.45) is 0 Å². The van der Waals surface area contributed by atoms with Gasteiger partial charge in [-0.1, -0.05) is 91.9 Å². The fraction of sp³-hybridized carbons (Fsp3) is 0.353. The molecular formula is C85H95BrCl6FIN12O12S. The van der Waals surface area contributed by atoms with Gasteiger partial charge in [0.25, 0.3) is 10.1 Å². The van der Waals surface area contributed by atoms with Gasteiger partial charge in [0, 0.05) is 150 Å². The first-order valence-electron chi connectivity index (χ1n) is 36.8. The average molecular weight is 1950 g/mol. The average Bonchev–Trinajstić information content (AvgIpc) is 1.64. The molecule has 3 aliphatic rings. The number of halogens is 9. The van der Waals surface area contributed by atoms with E-state index in [4.69, 9.17) is 112 Å². The number of nitrogens with zero attached hydrogens (tertiary/aromatic N) is 12. The highest BCUT2D eigenvalue weighted by atomic mass is 127. The molecule has 0 amide bonds. The van der Waals surface area contributed by atoms with Crippen LogP contribution in [0.5, 0.6) is 17.2 Å². The SMILES string of the molecule is C.C.C.CC(=O)c1ccncc1Cl.C[C@@H](Oc1ccc2c(c1)c(/C=C(/F)Br)nn2C1CCCCO1)c1ccncc1Cl.C[C@@H](Oc1ccc2c(c1)c(C=O)nn2C1CCCCO1)c1ccncc1Cl.C[C@@H](Oc1ccc2c(c1)c(I)nn2C1CCCCO1)c1ccncc1Cl.C[C@H](O)c1ccncc1Cl.C[C@H](OS(C)(=O)=O)c1ccncc1Cl. The first-order valence-corrected chi connectivity index (χ1v) is 42.8. The Morgan fingerprint density at radius 1 is 0.504 bits per heavy atom. The molecule has 3 saturated heterocycles. The number of Topliss-reactive ketones (excluding diaryl/α,β-unsaturated/α-hetero) is 1. The van der Waals surface area contributed by atoms with E-state index >= 15 is 0 Å². The van der Waals surface area contributed by atoms with Gasteiger partial charge in [0.05, 0.1) is 64.7 Å². The predicted molar refractivity (Wildman–Crippen MR) is 480 cm³/mol. The summed E-state index contributed by atoms with van der Waals surface area (Å²) in [6, 6.07) is 27.9. The highest BCUT2D eigenvalue weighted by Gasteiger charge is 2.27. The van der Waals surface area contributed by atoms with Crippen LogP contribution in [0.15, 0.2) is 170 Å². The minimum absolute atomic E-state index is 0. The van der Waals surface area contributed by atoms with E-state index in [2.05, 4.69) is 84.7 Å². The Balaban J connectivity index is 0.000000205. The topological polar surface area (TPSA) is 284 Å². The number of carbonyl (C=O) groups is 2. The lowest BCUT2D eigenvalue weighted by Gasteiger charge is -2.23. The molecule has 1 N–H and O–H groups in total. The van der Waals surface area contributed by atoms with Crippen molar-refractivity contribution in [2.45, 2.75) is 171 Å². The van der Waals surface area contributed by atoms with Gasteiger partial charge in [-0.25, -0.2) is 14.0 Å². The van der Waals surface area contributed by atoms with Gasteiger partial charge in [-0.3, -0.25) is 43.7 Å². The molecule has 12 heterocycles. The van der Waals surface area contributed by atoms with Crippen LogP contribution in [0.1, 0.15) is 225 Å². The number of benzene rings is 3. The smallest absolute Gasteiger partial charge is 0.264 e. The van der Waals surface area contributed by atoms with Crippen LogP contribution in [-0.4, -0.2) is 111 Å². The third kappa shape index (κ3) is 27.5. The number of aliphatic hydroxyl groups is 1. The summed E-state index contributed by atoms with van der Waals surface area (Å²) in [6.07, 6.45) is 29.4. The van der Waals surface area contributed by atoms with Gasteiger partial charge < -0.3 is 33.5 Å². The molecule has 15 rings (SSSR count). The van der Waals surface area contributed by atoms with Gasteiger partial charge >= 0.3 is 0 Å². The standard InChI is InChI=1S/C21H20BrClFN3O2.C20H20ClN3O3.C19H19ClIN3O2.C8H10ClNO3S.C7H8ClNO.C7H6ClNO.3CH4/c1-13(15-7-8-25-12-17(15)23)29-14-5-6-19-16(10-14)18(11-20(22)24)26-27(19)21-4-2-3-9-28-21;1-13(15-7-8-22-11-17(15)21)27-14-5-6-19-16(10-14)18(12-25)23-24(19)20-4-2-3-9-26-20;1-12(14-7-8-22-11-16(14)20)26-13-5-6-17-15(10-13)19(21)23-24(17)18-4-2-3-9-25-18;1-6(13-14(2,11)12)7-3-4-10-5-8(7)9;2*1-5(10)6-2-3-9-4-7(6)8;;;/h5-8,10-13,21H,2-4,9H2,1H3;5-8,10-13,20H,2-4,9H2,1H3;5-8,10-12,18H,2-4,9H2,1H3;3-6H,1-2H3;2-5,10H,1H3;2-4H,1H3;3*1H4/b20-11+;;;;;;;;/t13-,21?;13-,20?;12-,18?;6-;5-;;;;/m11100..../s1. The molecule has 3 aromatic carbocycles. The van der Waals surface area contributed by atoms with Gasteiger partial charge in [-0.05, 0) is 229 Å². The Labute approximate surface area is 745 Å². The predicted octanol–water partition coefficient (Wildman–Crippen LogP) is 24.3. The van der Waals surface area contributed by atoms with Crippen LogP contribution in [0.4, 0.5) is 4.39 Å². The fourth-order valence-corrected chi connectivity index (χ4v) is 15.8. The van der Waals surface area contributed by atoms with Gasteiger partial charge in [0.1, 0.15) is 51.1 Å². The maximum absolute atomic E-state index is 13.6. The molecule has 0 saturated carbocycles. The lowest BCUT2D eigenvalue weighted by atomic mass is 10.1. The Bertz CT molecular complexity index is 5460. The molecule has 0 spiro atoms. The van der Waals surface area contributed by atoms with Crippen LogP contribution in [0, 0.1) is 3.70 Å². The molecule has 12 aromatic rings. The monoisotopic (exact) mass is 1940 g/mol. The summed E-state index contributed by atoms with van der Waals surface area (Å²) >= 11 is 40.9. The number of fused-ring (bicyclic) bond motifs is 3. The van der Waals surface area contributed by atoms with Crippen LogP contribution in [0.25, 0.3) is 38.8 Å². The quantitative estimate of drug-likeness (QED) is 0.0341. The number of aliphatic hydroxyl groups excluding tert-OH is 1. The third-order valence-corrected chi connectivity index (χ3v) is 21.9. The molecule has 636 valence electrons. The van der Waals surface area contributed by atoms with Crippen molar-refractivity contribution < 1.29 is 60.1 Å². The van der Waals surface area contributed by atoms with Gasteiger partial charge in [0.15, 0.2) is 35.5 Å². The Hall–Kier alpha value is -7.92. The third-order valence-electron chi connectivity index (χ3n) is 18.3. The van der Waals surface area contributed by atoms with Crippen molar-refractivity contribution in [3.63, 3.8) is 0 Å². The summed E-state index contributed by atoms with van der Waals surface area (Å²) in [5, 5.41) is 28.5. The van der Waals surface area contributed by atoms with Gasteiger partial charge in [-0.15, -0.1) is 0 Å². The van der Waals surface area contributed by atoms with Crippen LogP contribution in [-0.2, 0) is 28.5 Å². The van der Waals surface area contributed by atoms with E-state index in [-0.39, 0.29) is 65.1 Å². The fourth-order valence-electron chi connectivity index (χ4n) is 12.7. The molecule has 119 heavy (non-hydrogen) atoms. The lowest BCUT2D eigenvalue weighted by molar-refractivity contribution is -0.0369. The number of aromatic nitrogens is 12. The number of carbonyl (C=O) groups excluding carboxylic acids is 2. The molecule has 9 aromatic heterocycles. The van der Waals surface area contributed by atoms with Crippen LogP contribution in [0.3, 0.4) is 0 Å². The second-order valence-electron chi connectivity index (χ2n) is 26.7. The number of ketones is 1. The zero-order valence-electron chi connectivity index (χ0n) is 64.0. The molecular weight excluding hydrogens is 1850 g/mol. The zero-order valence-corrected chi connectivity index (χ0v) is 73.1. The molecule has 0 radical (unpaired) electrons. The van der Waals surface area contributed by atoms with E-state index in [1.165, 1.54) is 44.2 Å². The van der Waals surface area contributed by atoms with E-state index in [1.54, 1.807) is 81.6 Å². The Morgan fingerprint density at radius 3 is 1.14 bits per heavy atom. The number of hydrogen-bond donors (Lipinski definition) is 1. The van der Waals surface area contributed by atoms with E-state index in [1.807, 2.05) is 102 Å². The van der Waals surface area contributed by atoms with Crippen molar-refractivity contribution in [1.29, 1.82) is 0 Å². The van der Waals surface area contributed by atoms with E-state index in [0.29, 0.717) is 77.4 Å². The van der Waals surface area contributed by atoms with Gasteiger partial charge in [-0.2, -0.15) is 28.1 Å². The largest absolute Gasteiger partial charge is 0.486 e. The second-order valence-corrected chi connectivity index (χ2v) is 32.6. The van der Waals surface area contributed by atoms with E-state index < -0.39 is 27.1 Å². The van der Waals surface area contributed by atoms with E-state index in [9.17, 15) is 22.4 Å². The number of hydrogen-bond acceptors (Lipinski definition) is 21. The highest BCUT2D eigenvalue weighted by Crippen LogP contribution is 2.39. The maximum atomic E-state index is 13.6. The van der Waals surface area contributed by atoms with Crippen molar-refractivity contribution in [3.8, 4) is 17.2 Å². The van der Waals surface area contributed by atoms with Crippen molar-refractivity contribution in [1.82, 2.24) is 59.2 Å². The van der Waals surface area contributed by atoms with Crippen molar-refractivity contribution in [3.05, 3.63) is 249 Å². The molecule has 34 heteroatoms. The minimum atomic E-state index is -3.47. The summed E-state index contributed by atoms with van der Waals surface area (Å²) in [7, 11) is -3.47. The molecule has 0 bridgehead atoms. The van der Waals surface area contributed by atoms with Crippen LogP contribution < -0.4 is 14.2 Å². The first-order chi connectivity index (χ1) is 55.7. The van der Waals surface area contributed by atoms with Gasteiger partial charge in [0.2, 0.25) is 0 Å². The normalized spacial score (nSPS) is 16.4. The molecule has 3 aliphatic heterocycles. The number of pyridine rings is 6. The summed E-state index contributed by atoms with van der Waals surface area (Å²) < 4.78 is 82.0. The highest BCUT2D eigenvalue weighted by molar-refractivity contribution is 14.1. The van der Waals surface area contributed by atoms with Crippen LogP contribution >= 0.6 is 108 Å². The Kier molecular flexibility index (Phi) is 39.2. The summed E-state index contributed by atoms with van der Waals surface area (Å²) in [5.74, 6) is 2.05. The number of aldehydes is 1. The molecule has 3 fully saturated rings. The number of rotatable bonds is 19. The summed E-state index contributed by atoms with van der Waals surface area (Å²) in [6.45, 7) is 12.8. The summed E-state index contributed by atoms with van der Waals surface area (Å²) in [4.78, 5) is 45.6. The van der Waals surface area contributed by atoms with E-state index in [0.717, 1.165) is 135 Å². The molecule has 3 unspecified atom stereocenters. The first kappa shape index (κ1) is 98.2. The Morgan fingerprint density at radius 2 is 0.832 bits per heavy atom. The summed E-state index contributed by atoms with van der Waals surface area (Å²) in [5.41, 5.74) is 8.19. The van der Waals surface area contributed by atoms with Crippen molar-refractivity contribution >= 4 is 169 Å². The molecule has 24 nitrogen and oxygen atoms in total. The van der Waals surface area contributed by atoms with Crippen molar-refractivity contribution in [2.75, 3.05) is 26.1 Å².